The standard InChI is InChI=1S/C27H30N2O4S/c1-6-24(26(30)28-20-14-13-17(2)18(3)15-20)34-21-10-7-9-19(16-21)29-27(31)25-22(32-4)11-8-12-23(25)33-5/h7-16,24H,6H2,1-5H3,(H,28,30)(H,29,31). The third-order valence-electron chi connectivity index (χ3n) is 5.46. The molecule has 0 heterocycles. The molecule has 1 unspecified atom stereocenters. The van der Waals surface area contributed by atoms with Crippen molar-refractivity contribution in [2.24, 2.45) is 0 Å². The second kappa shape index (κ2) is 11.6. The summed E-state index contributed by atoms with van der Waals surface area (Å²) in [6.45, 7) is 6.05. The van der Waals surface area contributed by atoms with Gasteiger partial charge in [0.1, 0.15) is 17.1 Å². The summed E-state index contributed by atoms with van der Waals surface area (Å²) in [5.74, 6) is 0.466. The summed E-state index contributed by atoms with van der Waals surface area (Å²) in [7, 11) is 3.02. The summed E-state index contributed by atoms with van der Waals surface area (Å²) in [6, 6.07) is 18.5. The second-order valence-corrected chi connectivity index (χ2v) is 9.10. The molecule has 0 aliphatic carbocycles. The maximum atomic E-state index is 13.0. The lowest BCUT2D eigenvalue weighted by molar-refractivity contribution is -0.115. The van der Waals surface area contributed by atoms with Crippen molar-refractivity contribution in [3.8, 4) is 11.5 Å². The van der Waals surface area contributed by atoms with Crippen LogP contribution in [0.15, 0.2) is 65.6 Å². The molecule has 3 aromatic carbocycles. The number of nitrogens with one attached hydrogen (secondary N) is 2. The number of hydrogen-bond acceptors (Lipinski definition) is 5. The molecule has 3 aromatic rings. The monoisotopic (exact) mass is 478 g/mol. The normalized spacial score (nSPS) is 11.4. The van der Waals surface area contributed by atoms with Gasteiger partial charge in [-0.15, -0.1) is 11.8 Å². The molecule has 2 amide bonds. The zero-order valence-electron chi connectivity index (χ0n) is 20.1. The van der Waals surface area contributed by atoms with Gasteiger partial charge < -0.3 is 20.1 Å². The van der Waals surface area contributed by atoms with E-state index in [1.165, 1.54) is 31.5 Å². The molecule has 0 radical (unpaired) electrons. The molecule has 0 bridgehead atoms. The molecule has 0 fully saturated rings. The van der Waals surface area contributed by atoms with Gasteiger partial charge in [-0.1, -0.05) is 25.1 Å². The number of carbonyl (C=O) groups is 2. The number of rotatable bonds is 9. The predicted molar refractivity (Wildman–Crippen MR) is 138 cm³/mol. The first-order chi connectivity index (χ1) is 16.4. The number of ether oxygens (including phenoxy) is 2. The van der Waals surface area contributed by atoms with Crippen LogP contribution >= 0.6 is 11.8 Å². The highest BCUT2D eigenvalue weighted by Crippen LogP contribution is 2.31. The van der Waals surface area contributed by atoms with E-state index in [-0.39, 0.29) is 17.1 Å². The van der Waals surface area contributed by atoms with Gasteiger partial charge in [-0.2, -0.15) is 0 Å². The van der Waals surface area contributed by atoms with Crippen LogP contribution in [0.5, 0.6) is 11.5 Å². The number of carbonyl (C=O) groups excluding carboxylic acids is 2. The van der Waals surface area contributed by atoms with E-state index in [2.05, 4.69) is 10.6 Å². The number of methoxy groups -OCH3 is 2. The van der Waals surface area contributed by atoms with Gasteiger partial charge in [0.2, 0.25) is 5.91 Å². The van der Waals surface area contributed by atoms with Crippen molar-refractivity contribution in [2.75, 3.05) is 24.9 Å². The van der Waals surface area contributed by atoms with E-state index in [1.54, 1.807) is 24.3 Å². The Kier molecular flexibility index (Phi) is 8.60. The molecule has 0 aromatic heterocycles. The maximum absolute atomic E-state index is 13.0. The Balaban J connectivity index is 1.72. The highest BCUT2D eigenvalue weighted by molar-refractivity contribution is 8.00. The number of amides is 2. The molecule has 3 rings (SSSR count). The summed E-state index contributed by atoms with van der Waals surface area (Å²) in [5.41, 5.74) is 4.05. The van der Waals surface area contributed by atoms with E-state index in [0.29, 0.717) is 29.2 Å². The van der Waals surface area contributed by atoms with Gasteiger partial charge in [0.25, 0.3) is 5.91 Å². The third-order valence-corrected chi connectivity index (χ3v) is 6.82. The van der Waals surface area contributed by atoms with Crippen LogP contribution in [0.4, 0.5) is 11.4 Å². The van der Waals surface area contributed by atoms with Crippen LogP contribution in [-0.4, -0.2) is 31.3 Å². The number of benzene rings is 3. The fraction of sp³-hybridized carbons (Fsp3) is 0.259. The van der Waals surface area contributed by atoms with E-state index in [1.807, 2.05) is 57.2 Å². The van der Waals surface area contributed by atoms with Gasteiger partial charge in [-0.05, 0) is 73.9 Å². The highest BCUT2D eigenvalue weighted by atomic mass is 32.2. The number of aryl methyl sites for hydroxylation is 2. The minimum atomic E-state index is -0.337. The van der Waals surface area contributed by atoms with Gasteiger partial charge >= 0.3 is 0 Å². The summed E-state index contributed by atoms with van der Waals surface area (Å²) < 4.78 is 10.7. The number of anilines is 2. The number of thioether (sulfide) groups is 1. The van der Waals surface area contributed by atoms with Crippen LogP contribution < -0.4 is 20.1 Å². The van der Waals surface area contributed by atoms with Crippen LogP contribution in [0.3, 0.4) is 0 Å². The lowest BCUT2D eigenvalue weighted by Crippen LogP contribution is -2.24. The fourth-order valence-electron chi connectivity index (χ4n) is 3.44. The smallest absolute Gasteiger partial charge is 0.263 e. The molecule has 34 heavy (non-hydrogen) atoms. The molecule has 2 N–H and O–H groups in total. The topological polar surface area (TPSA) is 76.7 Å². The van der Waals surface area contributed by atoms with E-state index in [4.69, 9.17) is 9.47 Å². The zero-order chi connectivity index (χ0) is 24.7. The van der Waals surface area contributed by atoms with Crippen molar-refractivity contribution in [3.63, 3.8) is 0 Å². The summed E-state index contributed by atoms with van der Waals surface area (Å²) >= 11 is 1.46. The van der Waals surface area contributed by atoms with Gasteiger partial charge in [-0.3, -0.25) is 9.59 Å². The summed E-state index contributed by atoms with van der Waals surface area (Å²) in [4.78, 5) is 26.8. The Morgan fingerprint density at radius 3 is 2.12 bits per heavy atom. The molecular weight excluding hydrogens is 448 g/mol. The lowest BCUT2D eigenvalue weighted by atomic mass is 10.1. The quantitative estimate of drug-likeness (QED) is 0.364. The molecule has 0 saturated heterocycles. The van der Waals surface area contributed by atoms with Crippen molar-refractivity contribution < 1.29 is 19.1 Å². The molecule has 178 valence electrons. The Morgan fingerprint density at radius 2 is 1.50 bits per heavy atom. The van der Waals surface area contributed by atoms with Gasteiger partial charge in [0, 0.05) is 16.3 Å². The largest absolute Gasteiger partial charge is 0.496 e. The molecule has 0 saturated carbocycles. The Hall–Kier alpha value is -3.45. The van der Waals surface area contributed by atoms with Crippen molar-refractivity contribution in [1.82, 2.24) is 0 Å². The Morgan fingerprint density at radius 1 is 0.853 bits per heavy atom. The van der Waals surface area contributed by atoms with Crippen molar-refractivity contribution in [2.45, 2.75) is 37.3 Å². The van der Waals surface area contributed by atoms with Crippen molar-refractivity contribution in [1.29, 1.82) is 0 Å². The van der Waals surface area contributed by atoms with Crippen molar-refractivity contribution in [3.05, 3.63) is 77.4 Å². The highest BCUT2D eigenvalue weighted by Gasteiger charge is 2.20. The molecular formula is C27H30N2O4S. The minimum Gasteiger partial charge on any atom is -0.496 e. The first kappa shape index (κ1) is 25.2. The molecule has 1 atom stereocenters. The van der Waals surface area contributed by atoms with Crippen LogP contribution in [0.2, 0.25) is 0 Å². The molecule has 0 spiro atoms. The summed E-state index contributed by atoms with van der Waals surface area (Å²) in [6.07, 6.45) is 0.663. The van der Waals surface area contributed by atoms with Crippen LogP contribution in [0, 0.1) is 13.8 Å². The van der Waals surface area contributed by atoms with Gasteiger partial charge in [0.15, 0.2) is 0 Å². The van der Waals surface area contributed by atoms with Crippen LogP contribution in [-0.2, 0) is 4.79 Å². The Bertz CT molecular complexity index is 1160. The van der Waals surface area contributed by atoms with Gasteiger partial charge in [0.05, 0.1) is 19.5 Å². The first-order valence-corrected chi connectivity index (χ1v) is 11.9. The molecule has 0 aliphatic rings. The SMILES string of the molecule is CCC(Sc1cccc(NC(=O)c2c(OC)cccc2OC)c1)C(=O)Nc1ccc(C)c(C)c1. The van der Waals surface area contributed by atoms with E-state index >= 15 is 0 Å². The van der Waals surface area contributed by atoms with E-state index in [0.717, 1.165) is 16.1 Å². The first-order valence-electron chi connectivity index (χ1n) is 11.0. The average molecular weight is 479 g/mol. The van der Waals surface area contributed by atoms with Crippen molar-refractivity contribution >= 4 is 35.0 Å². The summed E-state index contributed by atoms with van der Waals surface area (Å²) in [5, 5.41) is 5.65. The second-order valence-electron chi connectivity index (χ2n) is 7.82. The van der Waals surface area contributed by atoms with E-state index in [9.17, 15) is 9.59 Å². The van der Waals surface area contributed by atoms with Crippen LogP contribution in [0.1, 0.15) is 34.8 Å². The minimum absolute atomic E-state index is 0.0519. The average Bonchev–Trinajstić information content (AvgIpc) is 2.84. The maximum Gasteiger partial charge on any atom is 0.263 e. The fourth-order valence-corrected chi connectivity index (χ4v) is 4.46. The van der Waals surface area contributed by atoms with Crippen LogP contribution in [0.25, 0.3) is 0 Å². The Labute approximate surface area is 205 Å². The van der Waals surface area contributed by atoms with E-state index < -0.39 is 0 Å². The predicted octanol–water partition coefficient (Wildman–Crippen LogP) is 6.08. The molecule has 0 aliphatic heterocycles. The number of hydrogen-bond donors (Lipinski definition) is 2. The zero-order valence-corrected chi connectivity index (χ0v) is 20.9. The molecule has 7 heteroatoms. The lowest BCUT2D eigenvalue weighted by Gasteiger charge is -2.16. The third kappa shape index (κ3) is 6.11. The molecule has 6 nitrogen and oxygen atoms in total. The van der Waals surface area contributed by atoms with Gasteiger partial charge in [-0.25, -0.2) is 0 Å².